The smallest absolute Gasteiger partial charge is 0.0619 e. The molecule has 268 valence electrons. The van der Waals surface area contributed by atoms with Gasteiger partial charge in [-0.25, -0.2) is 0 Å². The minimum absolute atomic E-state index is 1.16. The maximum atomic E-state index is 2.44. The van der Waals surface area contributed by atoms with Gasteiger partial charge in [0.15, 0.2) is 0 Å². The van der Waals surface area contributed by atoms with Crippen LogP contribution in [0.1, 0.15) is 0 Å². The molecule has 0 saturated carbocycles. The van der Waals surface area contributed by atoms with Gasteiger partial charge in [-0.2, -0.15) is 0 Å². The van der Waals surface area contributed by atoms with Gasteiger partial charge in [0.05, 0.1) is 22.1 Å². The standard InChI is InChI=1S/C56H34N2/c1-2-14-39(15-3-1)58-54-31-26-37(34-51(54)49-27-24-35-12-4-5-17-42(35)56(49)58)36-25-30-53-50(33-36)45-20-8-9-23-52(45)57(53)40-16-10-13-38(32-40)41-28-29-48-44-19-7-6-18-43(44)47-22-11-21-46(41)55(47)48/h1-34H. The summed E-state index contributed by atoms with van der Waals surface area (Å²) < 4.78 is 4.88. The largest absolute Gasteiger partial charge is 0.309 e. The molecule has 58 heavy (non-hydrogen) atoms. The van der Waals surface area contributed by atoms with Crippen LogP contribution in [0, 0.1) is 0 Å². The van der Waals surface area contributed by atoms with Gasteiger partial charge in [-0.05, 0) is 115 Å². The molecule has 0 spiro atoms. The molecular weight excluding hydrogens is 701 g/mol. The Bertz CT molecular complexity index is 3650. The number of fused-ring (bicyclic) bond motifs is 11. The molecule has 0 atom stereocenters. The molecular formula is C56H34N2. The summed E-state index contributed by atoms with van der Waals surface area (Å²) in [7, 11) is 0. The maximum Gasteiger partial charge on any atom is 0.0619 e. The Morgan fingerprint density at radius 1 is 0.259 bits per heavy atom. The topological polar surface area (TPSA) is 9.86 Å². The van der Waals surface area contributed by atoms with E-state index in [1.165, 1.54) is 115 Å². The summed E-state index contributed by atoms with van der Waals surface area (Å²) in [6.07, 6.45) is 0. The van der Waals surface area contributed by atoms with Crippen LogP contribution >= 0.6 is 0 Å². The zero-order valence-corrected chi connectivity index (χ0v) is 31.5. The molecule has 0 bridgehead atoms. The van der Waals surface area contributed by atoms with Crippen molar-refractivity contribution >= 4 is 65.2 Å². The first-order valence-electron chi connectivity index (χ1n) is 20.1. The molecule has 13 rings (SSSR count). The first-order chi connectivity index (χ1) is 28.8. The fourth-order valence-corrected chi connectivity index (χ4v) is 10.1. The molecule has 2 heteroatoms. The lowest BCUT2D eigenvalue weighted by atomic mass is 9.94. The van der Waals surface area contributed by atoms with E-state index in [0.717, 1.165) is 5.69 Å². The fraction of sp³-hybridized carbons (Fsp3) is 0. The van der Waals surface area contributed by atoms with Gasteiger partial charge >= 0.3 is 0 Å². The highest BCUT2D eigenvalue weighted by Crippen LogP contribution is 2.49. The second kappa shape index (κ2) is 11.9. The average molecular weight is 735 g/mol. The summed E-state index contributed by atoms with van der Waals surface area (Å²) >= 11 is 0. The van der Waals surface area contributed by atoms with Crippen LogP contribution in [-0.2, 0) is 0 Å². The van der Waals surface area contributed by atoms with E-state index in [4.69, 9.17) is 0 Å². The first-order valence-corrected chi connectivity index (χ1v) is 20.1. The second-order valence-corrected chi connectivity index (χ2v) is 15.7. The van der Waals surface area contributed by atoms with Gasteiger partial charge in [0.2, 0.25) is 0 Å². The van der Waals surface area contributed by atoms with Crippen molar-refractivity contribution in [2.45, 2.75) is 0 Å². The van der Waals surface area contributed by atoms with Crippen LogP contribution in [0.2, 0.25) is 0 Å². The van der Waals surface area contributed by atoms with E-state index in [2.05, 4.69) is 215 Å². The Hall–Kier alpha value is -7.68. The van der Waals surface area contributed by atoms with Crippen LogP contribution in [0.4, 0.5) is 0 Å². The predicted octanol–water partition coefficient (Wildman–Crippen LogP) is 15.2. The van der Waals surface area contributed by atoms with Gasteiger partial charge in [-0.1, -0.05) is 152 Å². The van der Waals surface area contributed by atoms with Gasteiger partial charge in [-0.15, -0.1) is 0 Å². The third-order valence-corrected chi connectivity index (χ3v) is 12.6. The zero-order chi connectivity index (χ0) is 37.9. The highest BCUT2D eigenvalue weighted by Gasteiger charge is 2.23. The number of aromatic nitrogens is 2. The van der Waals surface area contributed by atoms with E-state index in [0.29, 0.717) is 0 Å². The Morgan fingerprint density at radius 2 is 0.845 bits per heavy atom. The van der Waals surface area contributed by atoms with Gasteiger partial charge in [0, 0.05) is 38.3 Å². The molecule has 12 aromatic rings. The number of hydrogen-bond donors (Lipinski definition) is 0. The molecule has 0 radical (unpaired) electrons. The summed E-state index contributed by atoms with van der Waals surface area (Å²) in [6, 6.07) is 76.2. The molecule has 1 aliphatic carbocycles. The lowest BCUT2D eigenvalue weighted by molar-refractivity contribution is 1.18. The number of nitrogens with zero attached hydrogens (tertiary/aromatic N) is 2. The van der Waals surface area contributed by atoms with Crippen LogP contribution in [0.3, 0.4) is 0 Å². The molecule has 0 aliphatic heterocycles. The lowest BCUT2D eigenvalue weighted by Gasteiger charge is -2.13. The van der Waals surface area contributed by atoms with Crippen molar-refractivity contribution < 1.29 is 0 Å². The summed E-state index contributed by atoms with van der Waals surface area (Å²) in [4.78, 5) is 0. The normalized spacial score (nSPS) is 12.1. The van der Waals surface area contributed by atoms with Gasteiger partial charge in [0.1, 0.15) is 0 Å². The van der Waals surface area contributed by atoms with E-state index in [1.807, 2.05) is 0 Å². The van der Waals surface area contributed by atoms with Crippen molar-refractivity contribution in [2.24, 2.45) is 0 Å². The Labute approximate surface area is 335 Å². The van der Waals surface area contributed by atoms with Crippen LogP contribution in [0.25, 0.3) is 121 Å². The Morgan fingerprint density at radius 3 is 1.67 bits per heavy atom. The summed E-state index contributed by atoms with van der Waals surface area (Å²) in [5, 5.41) is 10.2. The lowest BCUT2D eigenvalue weighted by Crippen LogP contribution is -1.94. The molecule has 2 heterocycles. The molecule has 2 nitrogen and oxygen atoms in total. The van der Waals surface area contributed by atoms with Crippen molar-refractivity contribution in [2.75, 3.05) is 0 Å². The van der Waals surface area contributed by atoms with Crippen molar-refractivity contribution in [1.82, 2.24) is 9.13 Å². The van der Waals surface area contributed by atoms with Crippen molar-refractivity contribution in [3.8, 4) is 55.9 Å². The SMILES string of the molecule is c1ccc(-n2c3ccc(-c4ccc5c(c4)c4ccccc4n5-c4cccc(-c5ccc6c7c(cccc57)-c5ccccc5-6)c4)cc3c3ccc4ccccc4c32)cc1. The van der Waals surface area contributed by atoms with Crippen LogP contribution in [0.15, 0.2) is 206 Å². The third kappa shape index (κ3) is 4.37. The molecule has 0 N–H and O–H groups in total. The number of para-hydroxylation sites is 2. The van der Waals surface area contributed by atoms with Crippen LogP contribution in [0.5, 0.6) is 0 Å². The third-order valence-electron chi connectivity index (χ3n) is 12.6. The van der Waals surface area contributed by atoms with E-state index < -0.39 is 0 Å². The van der Waals surface area contributed by atoms with Crippen LogP contribution < -0.4 is 0 Å². The van der Waals surface area contributed by atoms with Crippen molar-refractivity contribution in [3.63, 3.8) is 0 Å². The minimum Gasteiger partial charge on any atom is -0.309 e. The highest BCUT2D eigenvalue weighted by atomic mass is 15.0. The van der Waals surface area contributed by atoms with Gasteiger partial charge in [0.25, 0.3) is 0 Å². The van der Waals surface area contributed by atoms with E-state index in [9.17, 15) is 0 Å². The van der Waals surface area contributed by atoms with Gasteiger partial charge in [-0.3, -0.25) is 0 Å². The highest BCUT2D eigenvalue weighted by molar-refractivity contribution is 6.20. The van der Waals surface area contributed by atoms with E-state index >= 15 is 0 Å². The zero-order valence-electron chi connectivity index (χ0n) is 31.5. The van der Waals surface area contributed by atoms with Crippen molar-refractivity contribution in [1.29, 1.82) is 0 Å². The monoisotopic (exact) mass is 734 g/mol. The van der Waals surface area contributed by atoms with E-state index in [-0.39, 0.29) is 0 Å². The summed E-state index contributed by atoms with van der Waals surface area (Å²) in [5.74, 6) is 0. The molecule has 0 fully saturated rings. The molecule has 2 aromatic heterocycles. The van der Waals surface area contributed by atoms with Crippen LogP contribution in [-0.4, -0.2) is 9.13 Å². The fourth-order valence-electron chi connectivity index (χ4n) is 10.1. The number of benzene rings is 10. The minimum atomic E-state index is 1.16. The average Bonchev–Trinajstić information content (AvgIpc) is 3.93. The van der Waals surface area contributed by atoms with E-state index in [1.54, 1.807) is 0 Å². The maximum absolute atomic E-state index is 2.44. The quantitative estimate of drug-likeness (QED) is 0.170. The molecule has 1 aliphatic rings. The summed E-state index contributed by atoms with van der Waals surface area (Å²) in [6.45, 7) is 0. The second-order valence-electron chi connectivity index (χ2n) is 15.7. The van der Waals surface area contributed by atoms with Gasteiger partial charge < -0.3 is 9.13 Å². The molecule has 10 aromatic carbocycles. The molecule has 0 amide bonds. The molecule has 0 saturated heterocycles. The number of hydrogen-bond acceptors (Lipinski definition) is 0. The number of rotatable bonds is 4. The van der Waals surface area contributed by atoms with Crippen molar-refractivity contribution in [3.05, 3.63) is 206 Å². The Kier molecular flexibility index (Phi) is 6.47. The summed E-state index contributed by atoms with van der Waals surface area (Å²) in [5.41, 5.74) is 17.4. The predicted molar refractivity (Wildman–Crippen MR) is 245 cm³/mol. The first kappa shape index (κ1) is 31.5. The Balaban J connectivity index is 0.971. The molecule has 0 unspecified atom stereocenters.